The summed E-state index contributed by atoms with van der Waals surface area (Å²) in [5.41, 5.74) is 0.758. The summed E-state index contributed by atoms with van der Waals surface area (Å²) in [5, 5.41) is 7.33. The van der Waals surface area contributed by atoms with Crippen LogP contribution in [0, 0.1) is 5.92 Å². The average molecular weight is 483 g/mol. The third-order valence-electron chi connectivity index (χ3n) is 7.47. The Labute approximate surface area is 207 Å². The molecule has 0 spiro atoms. The van der Waals surface area contributed by atoms with Crippen LogP contribution in [0.5, 0.6) is 5.75 Å². The van der Waals surface area contributed by atoms with Crippen molar-refractivity contribution < 1.29 is 18.8 Å². The Morgan fingerprint density at radius 2 is 1.80 bits per heavy atom. The third kappa shape index (κ3) is 6.61. The minimum absolute atomic E-state index is 0.0798. The fourth-order valence-corrected chi connectivity index (χ4v) is 5.48. The number of benzene rings is 1. The van der Waals surface area contributed by atoms with E-state index in [9.17, 15) is 9.59 Å². The van der Waals surface area contributed by atoms with Crippen LogP contribution < -0.4 is 10.1 Å². The molecule has 8 nitrogen and oxygen atoms in total. The van der Waals surface area contributed by atoms with Gasteiger partial charge in [-0.2, -0.15) is 4.98 Å². The number of hydrogen-bond donors (Lipinski definition) is 1. The Morgan fingerprint density at radius 3 is 2.43 bits per heavy atom. The maximum absolute atomic E-state index is 12.8. The second-order valence-electron chi connectivity index (χ2n) is 10.1. The molecule has 2 amide bonds. The van der Waals surface area contributed by atoms with E-state index in [1.807, 2.05) is 17.0 Å². The summed E-state index contributed by atoms with van der Waals surface area (Å²) in [4.78, 5) is 31.3. The van der Waals surface area contributed by atoms with Crippen LogP contribution in [0.2, 0.25) is 0 Å². The number of amides is 2. The van der Waals surface area contributed by atoms with Gasteiger partial charge in [-0.25, -0.2) is 0 Å². The van der Waals surface area contributed by atoms with Gasteiger partial charge in [0.1, 0.15) is 11.3 Å². The Hall–Kier alpha value is -2.90. The molecule has 0 atom stereocenters. The van der Waals surface area contributed by atoms with Crippen LogP contribution >= 0.6 is 0 Å². The molecule has 1 N–H and O–H groups in total. The summed E-state index contributed by atoms with van der Waals surface area (Å²) >= 11 is 0. The zero-order chi connectivity index (χ0) is 24.7. The predicted octanol–water partition coefficient (Wildman–Crippen LogP) is 4.18. The number of aryl methyl sites for hydroxylation is 1. The van der Waals surface area contributed by atoms with Gasteiger partial charge in [0.25, 0.3) is 0 Å². The topological polar surface area (TPSA) is 97.6 Å². The molecular formula is C27H38N4O4. The van der Waals surface area contributed by atoms with Crippen molar-refractivity contribution >= 4 is 11.8 Å². The van der Waals surface area contributed by atoms with Crippen LogP contribution in [-0.4, -0.2) is 47.1 Å². The van der Waals surface area contributed by atoms with E-state index < -0.39 is 5.54 Å². The number of nitrogens with one attached hydrogen (secondary N) is 1. The molecule has 1 aliphatic heterocycles. The average Bonchev–Trinajstić information content (AvgIpc) is 3.23. The van der Waals surface area contributed by atoms with Crippen molar-refractivity contribution in [3.8, 4) is 5.75 Å². The van der Waals surface area contributed by atoms with Gasteiger partial charge in [0, 0.05) is 32.9 Å². The number of rotatable bonds is 8. The number of ether oxygens (including phenoxy) is 1. The normalized spacial score (nSPS) is 18.6. The van der Waals surface area contributed by atoms with E-state index in [2.05, 4.69) is 27.6 Å². The van der Waals surface area contributed by atoms with E-state index in [0.717, 1.165) is 76.6 Å². The maximum Gasteiger partial charge on any atom is 0.227 e. The highest BCUT2D eigenvalue weighted by Gasteiger charge is 2.38. The van der Waals surface area contributed by atoms with Crippen molar-refractivity contribution in [3.63, 3.8) is 0 Å². The predicted molar refractivity (Wildman–Crippen MR) is 132 cm³/mol. The summed E-state index contributed by atoms with van der Waals surface area (Å²) in [6.45, 7) is 3.12. The number of carbonyl (C=O) groups is 2. The molecule has 2 heterocycles. The molecule has 1 saturated heterocycles. The summed E-state index contributed by atoms with van der Waals surface area (Å²) in [6.07, 6.45) is 9.83. The van der Waals surface area contributed by atoms with Gasteiger partial charge in [0.2, 0.25) is 17.7 Å². The molecule has 4 rings (SSSR count). The Bertz CT molecular complexity index is 971. The number of hydrogen-bond acceptors (Lipinski definition) is 6. The second-order valence-corrected chi connectivity index (χ2v) is 10.1. The van der Waals surface area contributed by atoms with E-state index >= 15 is 0 Å². The Kier molecular flexibility index (Phi) is 8.42. The molecule has 1 aromatic carbocycles. The minimum Gasteiger partial charge on any atom is -0.497 e. The SMILES string of the molecule is COc1ccc(CC2CCN(C(=O)CCc3nc(C4(NC(C)=O)CCCCCC4)no3)CC2)cc1. The van der Waals surface area contributed by atoms with E-state index in [-0.39, 0.29) is 11.8 Å². The van der Waals surface area contributed by atoms with Crippen LogP contribution in [0.1, 0.15) is 82.0 Å². The zero-order valence-electron chi connectivity index (χ0n) is 21.1. The smallest absolute Gasteiger partial charge is 0.227 e. The monoisotopic (exact) mass is 482 g/mol. The lowest BCUT2D eigenvalue weighted by molar-refractivity contribution is -0.132. The molecule has 2 fully saturated rings. The lowest BCUT2D eigenvalue weighted by Crippen LogP contribution is -2.45. The van der Waals surface area contributed by atoms with Crippen molar-refractivity contribution in [3.05, 3.63) is 41.5 Å². The van der Waals surface area contributed by atoms with Crippen LogP contribution in [0.3, 0.4) is 0 Å². The summed E-state index contributed by atoms with van der Waals surface area (Å²) in [5.74, 6) is 2.55. The molecule has 35 heavy (non-hydrogen) atoms. The van der Waals surface area contributed by atoms with Crippen molar-refractivity contribution in [2.24, 2.45) is 5.92 Å². The molecule has 2 aromatic rings. The largest absolute Gasteiger partial charge is 0.497 e. The van der Waals surface area contributed by atoms with Gasteiger partial charge in [-0.3, -0.25) is 9.59 Å². The van der Waals surface area contributed by atoms with Crippen LogP contribution in [0.15, 0.2) is 28.8 Å². The number of carbonyl (C=O) groups excluding carboxylic acids is 2. The highest BCUT2D eigenvalue weighted by molar-refractivity contribution is 5.76. The number of nitrogens with zero attached hydrogens (tertiary/aromatic N) is 3. The van der Waals surface area contributed by atoms with Crippen molar-refractivity contribution in [2.75, 3.05) is 20.2 Å². The zero-order valence-corrected chi connectivity index (χ0v) is 21.1. The van der Waals surface area contributed by atoms with Gasteiger partial charge in [-0.05, 0) is 55.7 Å². The van der Waals surface area contributed by atoms with E-state index in [1.54, 1.807) is 7.11 Å². The maximum atomic E-state index is 12.8. The number of likely N-dealkylation sites (tertiary alicyclic amines) is 1. The lowest BCUT2D eigenvalue weighted by Gasteiger charge is -2.32. The standard InChI is InChI=1S/C27H38N4O4/c1-20(32)29-27(15-5-3-4-6-16-27)26-28-24(35-30-26)11-12-25(33)31-17-13-22(14-18-31)19-21-7-9-23(34-2)10-8-21/h7-10,22H,3-6,11-19H2,1-2H3,(H,29,32). The molecule has 8 heteroatoms. The molecule has 1 saturated carbocycles. The number of methoxy groups -OCH3 is 1. The van der Waals surface area contributed by atoms with Gasteiger partial charge < -0.3 is 19.5 Å². The second kappa shape index (κ2) is 11.7. The first kappa shape index (κ1) is 25.2. The third-order valence-corrected chi connectivity index (χ3v) is 7.47. The van der Waals surface area contributed by atoms with E-state index in [1.165, 1.54) is 12.5 Å². The number of aromatic nitrogens is 2. The molecule has 1 aliphatic carbocycles. The van der Waals surface area contributed by atoms with Crippen molar-refractivity contribution in [1.82, 2.24) is 20.4 Å². The summed E-state index contributed by atoms with van der Waals surface area (Å²) in [6, 6.07) is 8.26. The van der Waals surface area contributed by atoms with E-state index in [0.29, 0.717) is 30.5 Å². The van der Waals surface area contributed by atoms with E-state index in [4.69, 9.17) is 9.26 Å². The Balaban J connectivity index is 1.26. The van der Waals surface area contributed by atoms with Crippen LogP contribution in [0.4, 0.5) is 0 Å². The molecule has 190 valence electrons. The summed E-state index contributed by atoms with van der Waals surface area (Å²) in [7, 11) is 1.68. The molecule has 0 bridgehead atoms. The lowest BCUT2D eigenvalue weighted by atomic mass is 9.89. The van der Waals surface area contributed by atoms with Crippen LogP contribution in [0.25, 0.3) is 0 Å². The van der Waals surface area contributed by atoms with Gasteiger partial charge in [0.15, 0.2) is 5.82 Å². The minimum atomic E-state index is -0.556. The van der Waals surface area contributed by atoms with Gasteiger partial charge in [0.05, 0.1) is 7.11 Å². The van der Waals surface area contributed by atoms with Gasteiger partial charge in [-0.15, -0.1) is 0 Å². The van der Waals surface area contributed by atoms with Gasteiger partial charge in [-0.1, -0.05) is 43.0 Å². The van der Waals surface area contributed by atoms with Crippen molar-refractivity contribution in [1.29, 1.82) is 0 Å². The van der Waals surface area contributed by atoms with Crippen LogP contribution in [-0.2, 0) is 28.0 Å². The molecular weight excluding hydrogens is 444 g/mol. The first-order valence-electron chi connectivity index (χ1n) is 13.0. The molecule has 0 unspecified atom stereocenters. The highest BCUT2D eigenvalue weighted by Crippen LogP contribution is 2.34. The first-order valence-corrected chi connectivity index (χ1v) is 13.0. The van der Waals surface area contributed by atoms with Crippen molar-refractivity contribution in [2.45, 2.75) is 83.1 Å². The quantitative estimate of drug-likeness (QED) is 0.567. The summed E-state index contributed by atoms with van der Waals surface area (Å²) < 4.78 is 10.7. The fraction of sp³-hybridized carbons (Fsp3) is 0.630. The fourth-order valence-electron chi connectivity index (χ4n) is 5.48. The molecule has 1 aromatic heterocycles. The highest BCUT2D eigenvalue weighted by atomic mass is 16.5. The first-order chi connectivity index (χ1) is 17.0. The Morgan fingerprint density at radius 1 is 1.11 bits per heavy atom. The number of piperidine rings is 1. The molecule has 0 radical (unpaired) electrons. The molecule has 2 aliphatic rings. The van der Waals surface area contributed by atoms with Gasteiger partial charge >= 0.3 is 0 Å².